The molecule has 0 bridgehead atoms. The van der Waals surface area contributed by atoms with E-state index in [-0.39, 0.29) is 42.3 Å². The number of carboxylic acid groups (broad SMARTS) is 1. The molecule has 0 spiro atoms. The zero-order chi connectivity index (χ0) is 42.0. The van der Waals surface area contributed by atoms with Crippen LogP contribution in [0.3, 0.4) is 0 Å². The number of ether oxygens (including phenoxy) is 2. The number of amides is 2. The molecule has 0 radical (unpaired) electrons. The van der Waals surface area contributed by atoms with Gasteiger partial charge in [0.2, 0.25) is 5.91 Å². The van der Waals surface area contributed by atoms with Crippen molar-refractivity contribution in [2.45, 2.75) is 67.0 Å². The van der Waals surface area contributed by atoms with Crippen LogP contribution in [0, 0.1) is 34.6 Å². The van der Waals surface area contributed by atoms with Crippen LogP contribution >= 0.6 is 23.2 Å². The number of morpholine rings is 1. The summed E-state index contributed by atoms with van der Waals surface area (Å²) in [5, 5.41) is 18.4. The first kappa shape index (κ1) is 40.5. The van der Waals surface area contributed by atoms with Gasteiger partial charge in [-0.15, -0.1) is 0 Å². The number of carbonyl (C=O) groups excluding carboxylic acids is 2. The number of halogens is 2. The van der Waals surface area contributed by atoms with Gasteiger partial charge in [0.15, 0.2) is 5.69 Å². The van der Waals surface area contributed by atoms with Crippen LogP contribution in [0.2, 0.25) is 10.0 Å². The summed E-state index contributed by atoms with van der Waals surface area (Å²) < 4.78 is 17.2. The first-order chi connectivity index (χ1) is 28.2. The molecule has 6 aromatic rings. The monoisotopic (exact) mass is 838 g/mol. The standard InChI is InChI=1S/C45H48Cl2N6O6/c1-24-10-13-35-33(19-24)41(43(45(56)57)51(35)23-36(54)50-14-17-58-18-15-50)52-22-27(4)53-40-32(11-12-34(46)38(40)37-28(5)48-49(7)29(37)6)31(42(53)44(52)55)9-8-16-59-30-20-25(2)39(47)26(3)21-30/h10-13,19-21,27H,8-9,14-18,22-23H2,1-7H3,(H,56,57)/t27-/m1/s1. The van der Waals surface area contributed by atoms with Crippen molar-refractivity contribution in [2.24, 2.45) is 7.05 Å². The molecule has 59 heavy (non-hydrogen) atoms. The smallest absolute Gasteiger partial charge is 0.354 e. The zero-order valence-electron chi connectivity index (χ0n) is 34.4. The predicted octanol–water partition coefficient (Wildman–Crippen LogP) is 8.64. The summed E-state index contributed by atoms with van der Waals surface area (Å²) in [6, 6.07) is 13.0. The first-order valence-electron chi connectivity index (χ1n) is 20.0. The third kappa shape index (κ3) is 6.94. The van der Waals surface area contributed by atoms with Crippen molar-refractivity contribution in [3.8, 4) is 16.9 Å². The summed E-state index contributed by atoms with van der Waals surface area (Å²) >= 11 is 13.6. The Kier molecular flexibility index (Phi) is 10.8. The molecule has 1 N–H and O–H groups in total. The van der Waals surface area contributed by atoms with E-state index in [1.807, 2.05) is 95.7 Å². The Morgan fingerprint density at radius 3 is 2.34 bits per heavy atom. The Balaban J connectivity index is 1.28. The molecule has 3 aromatic heterocycles. The van der Waals surface area contributed by atoms with E-state index >= 15 is 4.79 Å². The maximum Gasteiger partial charge on any atom is 0.354 e. The number of nitrogens with zero attached hydrogens (tertiary/aromatic N) is 6. The third-order valence-electron chi connectivity index (χ3n) is 11.9. The number of aryl methyl sites for hydroxylation is 6. The summed E-state index contributed by atoms with van der Waals surface area (Å²) in [5.74, 6) is -1.04. The molecular formula is C45H48Cl2N6O6. The van der Waals surface area contributed by atoms with Gasteiger partial charge in [-0.25, -0.2) is 4.79 Å². The average Bonchev–Trinajstić information content (AvgIpc) is 3.79. The van der Waals surface area contributed by atoms with Crippen molar-refractivity contribution >= 4 is 68.5 Å². The van der Waals surface area contributed by atoms with Crippen molar-refractivity contribution in [3.63, 3.8) is 0 Å². The van der Waals surface area contributed by atoms with E-state index in [1.54, 1.807) is 14.4 Å². The number of hydrogen-bond acceptors (Lipinski definition) is 6. The number of carboxylic acids is 1. The lowest BCUT2D eigenvalue weighted by Crippen LogP contribution is -2.44. The summed E-state index contributed by atoms with van der Waals surface area (Å²) in [4.78, 5) is 45.9. The normalized spacial score (nSPS) is 15.7. The second-order valence-electron chi connectivity index (χ2n) is 15.9. The van der Waals surface area contributed by atoms with Gasteiger partial charge in [0.25, 0.3) is 5.91 Å². The van der Waals surface area contributed by atoms with Crippen LogP contribution in [0.15, 0.2) is 42.5 Å². The van der Waals surface area contributed by atoms with Crippen LogP contribution in [-0.4, -0.2) is 86.2 Å². The molecule has 14 heteroatoms. The van der Waals surface area contributed by atoms with Crippen molar-refractivity contribution in [3.05, 3.63) is 97.5 Å². The molecular weight excluding hydrogens is 791 g/mol. The van der Waals surface area contributed by atoms with Crippen molar-refractivity contribution in [2.75, 3.05) is 44.4 Å². The maximum atomic E-state index is 15.5. The molecule has 0 saturated carbocycles. The predicted molar refractivity (Wildman–Crippen MR) is 231 cm³/mol. The average molecular weight is 840 g/mol. The fraction of sp³-hybridized carbons (Fsp3) is 0.378. The Bertz CT molecular complexity index is 2680. The van der Waals surface area contributed by atoms with Crippen molar-refractivity contribution in [1.82, 2.24) is 23.8 Å². The van der Waals surface area contributed by atoms with Crippen LogP contribution < -0.4 is 9.64 Å². The van der Waals surface area contributed by atoms with Gasteiger partial charge in [-0.05, 0) is 101 Å². The van der Waals surface area contributed by atoms with Gasteiger partial charge in [0.05, 0.1) is 47.3 Å². The Hall–Kier alpha value is -5.30. The molecule has 1 atom stereocenters. The molecule has 1 fully saturated rings. The van der Waals surface area contributed by atoms with E-state index in [9.17, 15) is 14.7 Å². The second-order valence-corrected chi connectivity index (χ2v) is 16.7. The van der Waals surface area contributed by atoms with Crippen LogP contribution in [0.4, 0.5) is 5.69 Å². The maximum absolute atomic E-state index is 15.5. The van der Waals surface area contributed by atoms with Gasteiger partial charge in [0.1, 0.15) is 18.0 Å². The van der Waals surface area contributed by atoms with Gasteiger partial charge in [-0.3, -0.25) is 14.3 Å². The number of benzene rings is 3. The Labute approximate surface area is 352 Å². The number of hydrogen-bond donors (Lipinski definition) is 1. The number of rotatable bonds is 10. The molecule has 0 unspecified atom stereocenters. The Morgan fingerprint density at radius 2 is 1.68 bits per heavy atom. The van der Waals surface area contributed by atoms with E-state index in [0.717, 1.165) is 61.4 Å². The molecule has 5 heterocycles. The van der Waals surface area contributed by atoms with E-state index < -0.39 is 5.97 Å². The highest BCUT2D eigenvalue weighted by Crippen LogP contribution is 2.46. The van der Waals surface area contributed by atoms with Crippen LogP contribution in [0.5, 0.6) is 5.75 Å². The van der Waals surface area contributed by atoms with E-state index in [1.165, 1.54) is 0 Å². The fourth-order valence-electron chi connectivity index (χ4n) is 9.08. The lowest BCUT2D eigenvalue weighted by atomic mass is 9.98. The minimum absolute atomic E-state index is 0.105. The van der Waals surface area contributed by atoms with Gasteiger partial charge in [0, 0.05) is 65.3 Å². The lowest BCUT2D eigenvalue weighted by molar-refractivity contribution is -0.135. The molecule has 2 amide bonds. The van der Waals surface area contributed by atoms with Crippen LogP contribution in [0.25, 0.3) is 32.9 Å². The topological polar surface area (TPSA) is 124 Å². The molecule has 2 aliphatic heterocycles. The molecule has 0 aliphatic carbocycles. The molecule has 3 aromatic carbocycles. The molecule has 308 valence electrons. The van der Waals surface area contributed by atoms with E-state index in [0.29, 0.717) is 72.4 Å². The second kappa shape index (κ2) is 15.7. The number of anilines is 1. The highest BCUT2D eigenvalue weighted by Gasteiger charge is 2.40. The zero-order valence-corrected chi connectivity index (χ0v) is 35.9. The van der Waals surface area contributed by atoms with Crippen molar-refractivity contribution < 1.29 is 29.0 Å². The summed E-state index contributed by atoms with van der Waals surface area (Å²) in [6.45, 7) is 13.9. The molecule has 2 aliphatic rings. The van der Waals surface area contributed by atoms with E-state index in [2.05, 4.69) is 4.57 Å². The van der Waals surface area contributed by atoms with Gasteiger partial charge < -0.3 is 33.5 Å². The lowest BCUT2D eigenvalue weighted by Gasteiger charge is -2.34. The number of aromatic carboxylic acids is 1. The highest BCUT2D eigenvalue weighted by molar-refractivity contribution is 6.35. The number of carbonyl (C=O) groups is 3. The highest BCUT2D eigenvalue weighted by atomic mass is 35.5. The van der Waals surface area contributed by atoms with Crippen LogP contribution in [0.1, 0.15) is 74.0 Å². The van der Waals surface area contributed by atoms with Gasteiger partial charge >= 0.3 is 5.97 Å². The number of aromatic nitrogens is 4. The van der Waals surface area contributed by atoms with Gasteiger partial charge in [-0.1, -0.05) is 40.9 Å². The van der Waals surface area contributed by atoms with Crippen LogP contribution in [-0.2, 0) is 29.5 Å². The SMILES string of the molecule is Cc1ccc2c(c1)c(N1C[C@@H](C)n3c(c(CCCOc4cc(C)c(Cl)c(C)c4)c4ccc(Cl)c(-c5c(C)nn(C)c5C)c43)C1=O)c(C(=O)O)n2CC(=O)N1CCOCC1. The first-order valence-corrected chi connectivity index (χ1v) is 20.7. The quantitative estimate of drug-likeness (QED) is 0.137. The van der Waals surface area contributed by atoms with Gasteiger partial charge in [-0.2, -0.15) is 5.10 Å². The number of fused-ring (bicyclic) bond motifs is 4. The molecule has 8 rings (SSSR count). The summed E-state index contributed by atoms with van der Waals surface area (Å²) in [6.07, 6.45) is 1.07. The fourth-order valence-corrected chi connectivity index (χ4v) is 9.43. The molecule has 12 nitrogen and oxygen atoms in total. The Morgan fingerprint density at radius 1 is 0.966 bits per heavy atom. The third-order valence-corrected chi connectivity index (χ3v) is 12.8. The largest absolute Gasteiger partial charge is 0.494 e. The van der Waals surface area contributed by atoms with Crippen molar-refractivity contribution in [1.29, 1.82) is 0 Å². The molecule has 1 saturated heterocycles. The minimum atomic E-state index is -1.23. The van der Waals surface area contributed by atoms with E-state index in [4.69, 9.17) is 37.8 Å². The summed E-state index contributed by atoms with van der Waals surface area (Å²) in [5.41, 5.74) is 9.09. The minimum Gasteiger partial charge on any atom is -0.494 e. The summed E-state index contributed by atoms with van der Waals surface area (Å²) in [7, 11) is 1.90.